The highest BCUT2D eigenvalue weighted by Crippen LogP contribution is 2.32. The Morgan fingerprint density at radius 1 is 1.21 bits per heavy atom. The predicted octanol–water partition coefficient (Wildman–Crippen LogP) is 6.28. The maximum absolute atomic E-state index is 6.34. The Labute approximate surface area is 165 Å². The molecule has 3 rings (SSSR count). The van der Waals surface area contributed by atoms with E-state index in [1.54, 1.807) is 18.6 Å². The minimum atomic E-state index is -0.232. The lowest BCUT2D eigenvalue weighted by atomic mass is 10.1. The van der Waals surface area contributed by atoms with Crippen LogP contribution in [0.5, 0.6) is 0 Å². The van der Waals surface area contributed by atoms with Crippen molar-refractivity contribution in [3.05, 3.63) is 73.9 Å². The summed E-state index contributed by atoms with van der Waals surface area (Å²) in [6.07, 6.45) is 5.14. The lowest BCUT2D eigenvalue weighted by Crippen LogP contribution is -2.12. The number of aromatic nitrogens is 2. The second kappa shape index (κ2) is 9.09. The highest BCUT2D eigenvalue weighted by atomic mass is 35.5. The van der Waals surface area contributed by atoms with Crippen molar-refractivity contribution in [3.63, 3.8) is 0 Å². The summed E-state index contributed by atoms with van der Waals surface area (Å²) >= 11 is 20.0. The number of benzene rings is 1. The van der Waals surface area contributed by atoms with Gasteiger partial charge in [-0.05, 0) is 23.6 Å². The predicted molar refractivity (Wildman–Crippen MR) is 103 cm³/mol. The third kappa shape index (κ3) is 4.88. The molecule has 0 amide bonds. The maximum atomic E-state index is 6.34. The first kappa shape index (κ1) is 19.6. The fourth-order valence-electron chi connectivity index (χ4n) is 2.20. The van der Waals surface area contributed by atoms with Crippen molar-refractivity contribution < 1.29 is 4.74 Å². The summed E-state index contributed by atoms with van der Waals surface area (Å²) in [6.45, 7) is 1.02. The van der Waals surface area contributed by atoms with Gasteiger partial charge in [0.1, 0.15) is 6.10 Å². The van der Waals surface area contributed by atoms with E-state index in [4.69, 9.17) is 39.5 Å². The third-order valence-electron chi connectivity index (χ3n) is 3.38. The van der Waals surface area contributed by atoms with Crippen LogP contribution in [0.2, 0.25) is 14.4 Å². The Hall–Kier alpha value is -0.750. The minimum Gasteiger partial charge on any atom is -0.367 e. The molecule has 3 nitrogen and oxygen atoms in total. The van der Waals surface area contributed by atoms with Crippen LogP contribution in [0.25, 0.3) is 0 Å². The molecule has 0 saturated heterocycles. The van der Waals surface area contributed by atoms with Crippen molar-refractivity contribution >= 4 is 58.5 Å². The summed E-state index contributed by atoms with van der Waals surface area (Å²) in [6, 6.07) is 7.39. The van der Waals surface area contributed by atoms with Crippen molar-refractivity contribution in [2.75, 3.05) is 0 Å². The molecule has 1 aromatic carbocycles. The summed E-state index contributed by atoms with van der Waals surface area (Å²) in [5.41, 5.74) is 1.86. The molecule has 1 atom stereocenters. The summed E-state index contributed by atoms with van der Waals surface area (Å²) in [4.78, 5) is 4.06. The summed E-state index contributed by atoms with van der Waals surface area (Å²) < 4.78 is 8.79. The van der Waals surface area contributed by atoms with Gasteiger partial charge in [0.2, 0.25) is 0 Å². The first-order chi connectivity index (χ1) is 11.1. The highest BCUT2D eigenvalue weighted by Gasteiger charge is 2.17. The lowest BCUT2D eigenvalue weighted by molar-refractivity contribution is 0.0282. The second-order valence-electron chi connectivity index (χ2n) is 4.94. The fourth-order valence-corrected chi connectivity index (χ4v) is 3.63. The number of hydrogen-bond donors (Lipinski definition) is 0. The SMILES string of the molecule is Cl.Clc1ccc([C@H](Cn2ccnc2)OCc2ccsc2Cl)c(Cl)c1. The molecule has 8 heteroatoms. The van der Waals surface area contributed by atoms with Gasteiger partial charge in [0.05, 0.1) is 23.8 Å². The zero-order valence-electron chi connectivity index (χ0n) is 12.4. The standard InChI is InChI=1S/C16H13Cl3N2OS.ClH/c17-12-1-2-13(14(18)7-12)15(8-21-5-4-20-10-21)22-9-11-3-6-23-16(11)19;/h1-7,10,15H,8-9H2;1H/t15-;/m0./s1. The van der Waals surface area contributed by atoms with Crippen LogP contribution >= 0.6 is 58.5 Å². The Balaban J connectivity index is 0.00000208. The smallest absolute Gasteiger partial charge is 0.102 e. The Morgan fingerprint density at radius 2 is 2.04 bits per heavy atom. The molecule has 0 fully saturated rings. The first-order valence-corrected chi connectivity index (χ1v) is 8.89. The van der Waals surface area contributed by atoms with Gasteiger partial charge in [0.15, 0.2) is 0 Å². The number of imidazole rings is 1. The number of rotatable bonds is 6. The van der Waals surface area contributed by atoms with Crippen molar-refractivity contribution in [2.45, 2.75) is 19.3 Å². The van der Waals surface area contributed by atoms with E-state index < -0.39 is 0 Å². The number of hydrogen-bond acceptors (Lipinski definition) is 3. The zero-order valence-corrected chi connectivity index (χ0v) is 16.3. The Morgan fingerprint density at radius 3 is 2.67 bits per heavy atom. The molecule has 0 bridgehead atoms. The van der Waals surface area contributed by atoms with Gasteiger partial charge in [-0.1, -0.05) is 40.9 Å². The van der Waals surface area contributed by atoms with E-state index in [0.717, 1.165) is 15.5 Å². The van der Waals surface area contributed by atoms with Crippen LogP contribution in [0.4, 0.5) is 0 Å². The Kier molecular flexibility index (Phi) is 7.41. The fraction of sp³-hybridized carbons (Fsp3) is 0.188. The van der Waals surface area contributed by atoms with Crippen LogP contribution in [-0.4, -0.2) is 9.55 Å². The number of halogens is 4. The van der Waals surface area contributed by atoms with Crippen LogP contribution in [0.3, 0.4) is 0 Å². The van der Waals surface area contributed by atoms with E-state index in [1.165, 1.54) is 11.3 Å². The Bertz CT molecular complexity index is 776. The molecule has 0 aliphatic carbocycles. The molecule has 24 heavy (non-hydrogen) atoms. The molecule has 0 radical (unpaired) electrons. The molecule has 128 valence electrons. The van der Waals surface area contributed by atoms with E-state index >= 15 is 0 Å². The van der Waals surface area contributed by atoms with Crippen LogP contribution in [-0.2, 0) is 17.9 Å². The van der Waals surface area contributed by atoms with Gasteiger partial charge in [0, 0.05) is 33.6 Å². The minimum absolute atomic E-state index is 0. The monoisotopic (exact) mass is 422 g/mol. The average Bonchev–Trinajstić information content (AvgIpc) is 3.16. The molecule has 0 saturated carbocycles. The van der Waals surface area contributed by atoms with Crippen molar-refractivity contribution in [1.29, 1.82) is 0 Å². The van der Waals surface area contributed by atoms with Crippen LogP contribution in [0.15, 0.2) is 48.4 Å². The molecule has 3 aromatic rings. The summed E-state index contributed by atoms with van der Waals surface area (Å²) in [5.74, 6) is 0. The zero-order chi connectivity index (χ0) is 16.2. The van der Waals surface area contributed by atoms with Gasteiger partial charge < -0.3 is 9.30 Å². The van der Waals surface area contributed by atoms with Gasteiger partial charge in [0.25, 0.3) is 0 Å². The largest absolute Gasteiger partial charge is 0.367 e. The van der Waals surface area contributed by atoms with Gasteiger partial charge in [-0.3, -0.25) is 0 Å². The molecule has 2 aromatic heterocycles. The van der Waals surface area contributed by atoms with Crippen molar-refractivity contribution in [3.8, 4) is 0 Å². The first-order valence-electron chi connectivity index (χ1n) is 6.87. The normalized spacial score (nSPS) is 12.0. The average molecular weight is 424 g/mol. The topological polar surface area (TPSA) is 27.1 Å². The van der Waals surface area contributed by atoms with Gasteiger partial charge in [-0.25, -0.2) is 4.98 Å². The van der Waals surface area contributed by atoms with Gasteiger partial charge in [-0.15, -0.1) is 23.7 Å². The molecule has 0 aliphatic rings. The van der Waals surface area contributed by atoms with Crippen LogP contribution < -0.4 is 0 Å². The molecule has 0 aliphatic heterocycles. The van der Waals surface area contributed by atoms with E-state index in [9.17, 15) is 0 Å². The molecule has 0 spiro atoms. The number of nitrogens with zero attached hydrogens (tertiary/aromatic N) is 2. The third-order valence-corrected chi connectivity index (χ3v) is 5.19. The molecule has 0 N–H and O–H groups in total. The van der Waals surface area contributed by atoms with Crippen molar-refractivity contribution in [1.82, 2.24) is 9.55 Å². The van der Waals surface area contributed by atoms with Gasteiger partial charge >= 0.3 is 0 Å². The lowest BCUT2D eigenvalue weighted by Gasteiger charge is -2.20. The highest BCUT2D eigenvalue weighted by molar-refractivity contribution is 7.14. The second-order valence-corrected chi connectivity index (χ2v) is 7.31. The van der Waals surface area contributed by atoms with Crippen molar-refractivity contribution in [2.24, 2.45) is 0 Å². The maximum Gasteiger partial charge on any atom is 0.102 e. The molecular weight excluding hydrogens is 410 g/mol. The quantitative estimate of drug-likeness (QED) is 0.466. The number of thiophene rings is 1. The van der Waals surface area contributed by atoms with E-state index in [0.29, 0.717) is 23.2 Å². The van der Waals surface area contributed by atoms with Gasteiger partial charge in [-0.2, -0.15) is 0 Å². The molecular formula is C16H14Cl4N2OS. The van der Waals surface area contributed by atoms with E-state index in [2.05, 4.69) is 4.98 Å². The molecule has 0 unspecified atom stereocenters. The van der Waals surface area contributed by atoms with Crippen LogP contribution in [0, 0.1) is 0 Å². The van der Waals surface area contributed by atoms with E-state index in [-0.39, 0.29) is 18.5 Å². The molecule has 2 heterocycles. The van der Waals surface area contributed by atoms with Crippen LogP contribution in [0.1, 0.15) is 17.2 Å². The summed E-state index contributed by atoms with van der Waals surface area (Å²) in [7, 11) is 0. The summed E-state index contributed by atoms with van der Waals surface area (Å²) in [5, 5.41) is 3.13. The van der Waals surface area contributed by atoms with E-state index in [1.807, 2.05) is 34.3 Å². The number of ether oxygens (including phenoxy) is 1.